The minimum absolute atomic E-state index is 0.0878. The highest BCUT2D eigenvalue weighted by Gasteiger charge is 2.32. The van der Waals surface area contributed by atoms with E-state index in [4.69, 9.17) is 9.84 Å². The normalized spacial score (nSPS) is 14.1. The van der Waals surface area contributed by atoms with Gasteiger partial charge in [-0.15, -0.1) is 0 Å². The number of aryl methyl sites for hydroxylation is 2. The summed E-state index contributed by atoms with van der Waals surface area (Å²) in [4.78, 5) is 11.1. The van der Waals surface area contributed by atoms with Gasteiger partial charge in [-0.05, 0) is 38.9 Å². The molecule has 0 aromatic heterocycles. The second-order valence-electron chi connectivity index (χ2n) is 4.40. The maximum atomic E-state index is 11.1. The highest BCUT2D eigenvalue weighted by atomic mass is 16.5. The molecule has 0 radical (unpaired) electrons. The van der Waals surface area contributed by atoms with Crippen LogP contribution in [0.3, 0.4) is 0 Å². The Morgan fingerprint density at radius 2 is 1.94 bits per heavy atom. The van der Waals surface area contributed by atoms with Crippen molar-refractivity contribution in [1.82, 2.24) is 5.32 Å². The van der Waals surface area contributed by atoms with Gasteiger partial charge in [-0.1, -0.05) is 18.2 Å². The van der Waals surface area contributed by atoms with Crippen LogP contribution in [0.4, 0.5) is 0 Å². The lowest BCUT2D eigenvalue weighted by Crippen LogP contribution is -2.52. The summed E-state index contributed by atoms with van der Waals surface area (Å²) < 4.78 is 5.64. The second kappa shape index (κ2) is 5.19. The van der Waals surface area contributed by atoms with E-state index in [1.807, 2.05) is 32.0 Å². The number of hydrogen-bond donors (Lipinski definition) is 2. The standard InChI is InChI=1S/C13H19NO3/c1-9-6-5-7-10(2)11(9)17-8-13(3,14-4)12(15)16/h5-7,14H,8H2,1-4H3,(H,15,16). The lowest BCUT2D eigenvalue weighted by Gasteiger charge is -2.25. The molecule has 1 aromatic carbocycles. The van der Waals surface area contributed by atoms with Gasteiger partial charge in [0.05, 0.1) is 0 Å². The number of aliphatic carboxylic acids is 1. The molecule has 0 aliphatic rings. The molecular weight excluding hydrogens is 218 g/mol. The zero-order chi connectivity index (χ0) is 13.1. The van der Waals surface area contributed by atoms with Crippen molar-refractivity contribution in [3.05, 3.63) is 29.3 Å². The molecule has 0 aliphatic carbocycles. The van der Waals surface area contributed by atoms with Crippen LogP contribution in [0.2, 0.25) is 0 Å². The van der Waals surface area contributed by atoms with Crippen LogP contribution in [-0.4, -0.2) is 30.3 Å². The molecule has 2 N–H and O–H groups in total. The van der Waals surface area contributed by atoms with Crippen molar-refractivity contribution in [1.29, 1.82) is 0 Å². The SMILES string of the molecule is CNC(C)(COc1c(C)cccc1C)C(=O)O. The molecule has 1 rings (SSSR count). The first-order chi connectivity index (χ1) is 7.90. The fraction of sp³-hybridized carbons (Fsp3) is 0.462. The number of rotatable bonds is 5. The number of hydrogen-bond acceptors (Lipinski definition) is 3. The Morgan fingerprint density at radius 1 is 1.41 bits per heavy atom. The monoisotopic (exact) mass is 237 g/mol. The average molecular weight is 237 g/mol. The van der Waals surface area contributed by atoms with Crippen LogP contribution in [0.1, 0.15) is 18.1 Å². The molecule has 0 spiro atoms. The quantitative estimate of drug-likeness (QED) is 0.819. The number of ether oxygens (including phenoxy) is 1. The van der Waals surface area contributed by atoms with Crippen LogP contribution >= 0.6 is 0 Å². The third-order valence-corrected chi connectivity index (χ3v) is 2.94. The van der Waals surface area contributed by atoms with Gasteiger partial charge in [0.1, 0.15) is 17.9 Å². The van der Waals surface area contributed by atoms with Gasteiger partial charge in [0.2, 0.25) is 0 Å². The summed E-state index contributed by atoms with van der Waals surface area (Å²) in [6.07, 6.45) is 0. The molecule has 1 unspecified atom stereocenters. The number of carboxylic acid groups (broad SMARTS) is 1. The molecule has 0 fully saturated rings. The largest absolute Gasteiger partial charge is 0.490 e. The van der Waals surface area contributed by atoms with Crippen molar-refractivity contribution in [2.75, 3.05) is 13.7 Å². The van der Waals surface area contributed by atoms with E-state index in [0.29, 0.717) is 0 Å². The summed E-state index contributed by atoms with van der Waals surface area (Å²) in [5.74, 6) is -0.165. The van der Waals surface area contributed by atoms with E-state index in [1.54, 1.807) is 14.0 Å². The highest BCUT2D eigenvalue weighted by Crippen LogP contribution is 2.23. The number of para-hydroxylation sites is 1. The Hall–Kier alpha value is -1.55. The van der Waals surface area contributed by atoms with Crippen LogP contribution in [-0.2, 0) is 4.79 Å². The number of carbonyl (C=O) groups is 1. The summed E-state index contributed by atoms with van der Waals surface area (Å²) >= 11 is 0. The summed E-state index contributed by atoms with van der Waals surface area (Å²) in [5.41, 5.74) is 0.942. The van der Waals surface area contributed by atoms with E-state index in [0.717, 1.165) is 16.9 Å². The molecule has 0 saturated carbocycles. The predicted octanol–water partition coefficient (Wildman–Crippen LogP) is 1.74. The van der Waals surface area contributed by atoms with E-state index in [-0.39, 0.29) is 6.61 Å². The fourth-order valence-corrected chi connectivity index (χ4v) is 1.48. The molecule has 1 aromatic rings. The molecule has 0 bridgehead atoms. The molecule has 1 atom stereocenters. The van der Waals surface area contributed by atoms with Crippen molar-refractivity contribution in [2.24, 2.45) is 0 Å². The summed E-state index contributed by atoms with van der Waals surface area (Å²) in [6, 6.07) is 5.84. The van der Waals surface area contributed by atoms with Crippen LogP contribution in [0.25, 0.3) is 0 Å². The van der Waals surface area contributed by atoms with Crippen LogP contribution in [0.5, 0.6) is 5.75 Å². The van der Waals surface area contributed by atoms with Gasteiger partial charge in [0, 0.05) is 0 Å². The Bertz CT molecular complexity index is 397. The number of carboxylic acids is 1. The van der Waals surface area contributed by atoms with Gasteiger partial charge in [0.15, 0.2) is 0 Å². The van der Waals surface area contributed by atoms with Gasteiger partial charge >= 0.3 is 5.97 Å². The molecule has 4 nitrogen and oxygen atoms in total. The third-order valence-electron chi connectivity index (χ3n) is 2.94. The number of benzene rings is 1. The molecule has 94 valence electrons. The van der Waals surface area contributed by atoms with E-state index < -0.39 is 11.5 Å². The zero-order valence-electron chi connectivity index (χ0n) is 10.7. The minimum Gasteiger partial charge on any atom is -0.490 e. The van der Waals surface area contributed by atoms with Gasteiger partial charge in [0.25, 0.3) is 0 Å². The van der Waals surface area contributed by atoms with Gasteiger partial charge in [-0.2, -0.15) is 0 Å². The summed E-state index contributed by atoms with van der Waals surface area (Å²) in [6.45, 7) is 5.58. The molecule has 0 amide bonds. The third kappa shape index (κ3) is 2.97. The highest BCUT2D eigenvalue weighted by molar-refractivity contribution is 5.78. The number of likely N-dealkylation sites (N-methyl/N-ethyl adjacent to an activating group) is 1. The molecule has 0 aliphatic heterocycles. The van der Waals surface area contributed by atoms with Crippen LogP contribution < -0.4 is 10.1 Å². The Labute approximate surface area is 102 Å². The maximum Gasteiger partial charge on any atom is 0.327 e. The van der Waals surface area contributed by atoms with E-state index >= 15 is 0 Å². The predicted molar refractivity (Wildman–Crippen MR) is 66.5 cm³/mol. The zero-order valence-corrected chi connectivity index (χ0v) is 10.7. The molecule has 4 heteroatoms. The molecule has 0 saturated heterocycles. The van der Waals surface area contributed by atoms with Crippen molar-refractivity contribution < 1.29 is 14.6 Å². The maximum absolute atomic E-state index is 11.1. The van der Waals surface area contributed by atoms with E-state index in [9.17, 15) is 4.79 Å². The van der Waals surface area contributed by atoms with Crippen molar-refractivity contribution in [3.8, 4) is 5.75 Å². The van der Waals surface area contributed by atoms with Crippen LogP contribution in [0, 0.1) is 13.8 Å². The van der Waals surface area contributed by atoms with Crippen LogP contribution in [0.15, 0.2) is 18.2 Å². The first-order valence-corrected chi connectivity index (χ1v) is 5.52. The first-order valence-electron chi connectivity index (χ1n) is 5.52. The van der Waals surface area contributed by atoms with Crippen molar-refractivity contribution in [2.45, 2.75) is 26.3 Å². The summed E-state index contributed by atoms with van der Waals surface area (Å²) in [7, 11) is 1.61. The second-order valence-corrected chi connectivity index (χ2v) is 4.40. The van der Waals surface area contributed by atoms with E-state index in [2.05, 4.69) is 5.32 Å². The lowest BCUT2D eigenvalue weighted by molar-refractivity contribution is -0.145. The Kier molecular flexibility index (Phi) is 4.12. The summed E-state index contributed by atoms with van der Waals surface area (Å²) in [5, 5.41) is 11.9. The topological polar surface area (TPSA) is 58.6 Å². The van der Waals surface area contributed by atoms with Gasteiger partial charge in [-0.3, -0.25) is 4.79 Å². The Morgan fingerprint density at radius 3 is 2.35 bits per heavy atom. The van der Waals surface area contributed by atoms with E-state index in [1.165, 1.54) is 0 Å². The average Bonchev–Trinajstić information content (AvgIpc) is 2.27. The lowest BCUT2D eigenvalue weighted by atomic mass is 10.0. The van der Waals surface area contributed by atoms with Gasteiger partial charge < -0.3 is 15.2 Å². The molecule has 17 heavy (non-hydrogen) atoms. The minimum atomic E-state index is -1.07. The Balaban J connectivity index is 2.83. The first kappa shape index (κ1) is 13.5. The van der Waals surface area contributed by atoms with Gasteiger partial charge in [-0.25, -0.2) is 0 Å². The smallest absolute Gasteiger partial charge is 0.327 e. The fourth-order valence-electron chi connectivity index (χ4n) is 1.48. The molecular formula is C13H19NO3. The molecule has 0 heterocycles. The van der Waals surface area contributed by atoms with Crippen molar-refractivity contribution >= 4 is 5.97 Å². The van der Waals surface area contributed by atoms with Crippen molar-refractivity contribution in [3.63, 3.8) is 0 Å². The number of nitrogens with one attached hydrogen (secondary N) is 1.